The number of amides is 1. The van der Waals surface area contributed by atoms with Gasteiger partial charge in [-0.1, -0.05) is 51.1 Å². The number of thioether (sulfide) groups is 1. The summed E-state index contributed by atoms with van der Waals surface area (Å²) < 4.78 is 0. The summed E-state index contributed by atoms with van der Waals surface area (Å²) in [6.45, 7) is 6.46. The van der Waals surface area contributed by atoms with Crippen molar-refractivity contribution in [2.75, 3.05) is 11.1 Å². The summed E-state index contributed by atoms with van der Waals surface area (Å²) in [4.78, 5) is 18.1. The first-order valence-corrected chi connectivity index (χ1v) is 10.5. The second-order valence-electron chi connectivity index (χ2n) is 6.23. The van der Waals surface area contributed by atoms with E-state index in [1.165, 1.54) is 16.9 Å². The first-order chi connectivity index (χ1) is 12.6. The van der Waals surface area contributed by atoms with Gasteiger partial charge in [-0.25, -0.2) is 4.98 Å². The van der Waals surface area contributed by atoms with Crippen molar-refractivity contribution >= 4 is 34.1 Å². The third-order valence-electron chi connectivity index (χ3n) is 4.00. The Morgan fingerprint density at radius 2 is 1.96 bits per heavy atom. The maximum atomic E-state index is 12.5. The minimum atomic E-state index is -0.125. The third kappa shape index (κ3) is 4.54. The van der Waals surface area contributed by atoms with Crippen LogP contribution in [0.5, 0.6) is 0 Å². The zero-order chi connectivity index (χ0) is 18.5. The van der Waals surface area contributed by atoms with E-state index in [-0.39, 0.29) is 5.91 Å². The van der Waals surface area contributed by atoms with Crippen LogP contribution in [0.15, 0.2) is 58.8 Å². The molecule has 0 aliphatic carbocycles. The monoisotopic (exact) mass is 382 g/mol. The van der Waals surface area contributed by atoms with Crippen molar-refractivity contribution in [2.24, 2.45) is 0 Å². The van der Waals surface area contributed by atoms with Gasteiger partial charge in [0.05, 0.1) is 5.69 Å². The number of rotatable bonds is 6. The Kier molecular flexibility index (Phi) is 6.12. The lowest BCUT2D eigenvalue weighted by Gasteiger charge is -2.05. The highest BCUT2D eigenvalue weighted by Gasteiger charge is 2.11. The van der Waals surface area contributed by atoms with Gasteiger partial charge < -0.3 is 0 Å². The number of anilines is 1. The zero-order valence-electron chi connectivity index (χ0n) is 15.2. The summed E-state index contributed by atoms with van der Waals surface area (Å²) in [5.74, 6) is 1.37. The van der Waals surface area contributed by atoms with Gasteiger partial charge in [0.25, 0.3) is 5.91 Å². The van der Waals surface area contributed by atoms with Gasteiger partial charge in [0.1, 0.15) is 0 Å². The summed E-state index contributed by atoms with van der Waals surface area (Å²) in [7, 11) is 0. The Morgan fingerprint density at radius 3 is 2.65 bits per heavy atom. The number of carbonyl (C=O) groups is 1. The molecule has 1 heterocycles. The Morgan fingerprint density at radius 1 is 1.19 bits per heavy atom. The molecule has 134 valence electrons. The number of nitrogens with zero attached hydrogens (tertiary/aromatic N) is 1. The number of aromatic nitrogens is 1. The van der Waals surface area contributed by atoms with E-state index in [1.807, 2.05) is 29.6 Å². The van der Waals surface area contributed by atoms with Crippen molar-refractivity contribution in [3.05, 3.63) is 65.0 Å². The molecule has 26 heavy (non-hydrogen) atoms. The van der Waals surface area contributed by atoms with Crippen molar-refractivity contribution in [2.45, 2.75) is 31.6 Å². The normalized spacial score (nSPS) is 10.9. The lowest BCUT2D eigenvalue weighted by molar-refractivity contribution is 0.102. The number of carbonyl (C=O) groups excluding carboxylic acids is 1. The molecule has 0 unspecified atom stereocenters. The number of thiazole rings is 1. The quantitative estimate of drug-likeness (QED) is 0.509. The minimum Gasteiger partial charge on any atom is -0.298 e. The van der Waals surface area contributed by atoms with Crippen LogP contribution in [0.1, 0.15) is 42.6 Å². The van der Waals surface area contributed by atoms with Crippen LogP contribution >= 0.6 is 23.1 Å². The maximum absolute atomic E-state index is 12.5. The Hall–Kier alpha value is -2.11. The van der Waals surface area contributed by atoms with E-state index < -0.39 is 0 Å². The van der Waals surface area contributed by atoms with E-state index in [0.29, 0.717) is 16.6 Å². The molecule has 2 aromatic carbocycles. The van der Waals surface area contributed by atoms with Crippen molar-refractivity contribution in [1.82, 2.24) is 4.98 Å². The van der Waals surface area contributed by atoms with Gasteiger partial charge in [-0.2, -0.15) is 0 Å². The van der Waals surface area contributed by atoms with Crippen molar-refractivity contribution < 1.29 is 4.79 Å². The van der Waals surface area contributed by atoms with Crippen LogP contribution in [-0.2, 0) is 0 Å². The van der Waals surface area contributed by atoms with E-state index in [4.69, 9.17) is 0 Å². The molecule has 3 nitrogen and oxygen atoms in total. The molecule has 1 N–H and O–H groups in total. The Balaban J connectivity index is 1.71. The fourth-order valence-corrected chi connectivity index (χ4v) is 4.00. The highest BCUT2D eigenvalue weighted by Crippen LogP contribution is 2.27. The van der Waals surface area contributed by atoms with E-state index in [1.54, 1.807) is 11.8 Å². The van der Waals surface area contributed by atoms with Crippen molar-refractivity contribution in [3.8, 4) is 11.3 Å². The standard InChI is InChI=1S/C21H22N2OS2/c1-4-25-18-7-5-6-17(12-18)20(24)23-21-22-19(13-26-21)16-10-8-15(9-11-16)14(2)3/h5-14H,4H2,1-3H3,(H,22,23,24). The van der Waals surface area contributed by atoms with Gasteiger partial charge in [0, 0.05) is 21.4 Å². The molecule has 1 aromatic heterocycles. The number of hydrogen-bond donors (Lipinski definition) is 1. The highest BCUT2D eigenvalue weighted by molar-refractivity contribution is 7.99. The zero-order valence-corrected chi connectivity index (χ0v) is 16.8. The molecule has 3 aromatic rings. The molecule has 0 saturated heterocycles. The SMILES string of the molecule is CCSc1cccc(C(=O)Nc2nc(-c3ccc(C(C)C)cc3)cs2)c1. The fraction of sp³-hybridized carbons (Fsp3) is 0.238. The molecule has 0 bridgehead atoms. The maximum Gasteiger partial charge on any atom is 0.257 e. The largest absolute Gasteiger partial charge is 0.298 e. The molecule has 0 saturated carbocycles. The Bertz CT molecular complexity index is 885. The average molecular weight is 383 g/mol. The molecule has 5 heteroatoms. The minimum absolute atomic E-state index is 0.125. The van der Waals surface area contributed by atoms with Gasteiger partial charge in [-0.15, -0.1) is 23.1 Å². The number of nitrogens with one attached hydrogen (secondary N) is 1. The highest BCUT2D eigenvalue weighted by atomic mass is 32.2. The van der Waals surface area contributed by atoms with Crippen LogP contribution in [0.3, 0.4) is 0 Å². The van der Waals surface area contributed by atoms with Crippen LogP contribution < -0.4 is 5.32 Å². The van der Waals surface area contributed by atoms with Crippen LogP contribution in [0, 0.1) is 0 Å². The van der Waals surface area contributed by atoms with E-state index in [2.05, 4.69) is 55.3 Å². The molecule has 1 amide bonds. The van der Waals surface area contributed by atoms with E-state index in [0.717, 1.165) is 21.9 Å². The molecule has 0 aliphatic rings. The molecule has 0 radical (unpaired) electrons. The lowest BCUT2D eigenvalue weighted by atomic mass is 10.0. The van der Waals surface area contributed by atoms with Crippen LogP contribution in [-0.4, -0.2) is 16.6 Å². The van der Waals surface area contributed by atoms with Gasteiger partial charge in [-0.3, -0.25) is 10.1 Å². The molecule has 0 fully saturated rings. The Labute approximate surface area is 162 Å². The topological polar surface area (TPSA) is 42.0 Å². The van der Waals surface area contributed by atoms with Crippen molar-refractivity contribution in [3.63, 3.8) is 0 Å². The van der Waals surface area contributed by atoms with Gasteiger partial charge in [0.15, 0.2) is 5.13 Å². The average Bonchev–Trinajstić information content (AvgIpc) is 3.11. The second kappa shape index (κ2) is 8.52. The molecule has 0 aliphatic heterocycles. The summed E-state index contributed by atoms with van der Waals surface area (Å²) in [6, 6.07) is 16.1. The molecule has 0 atom stereocenters. The van der Waals surface area contributed by atoms with Gasteiger partial charge in [-0.05, 0) is 35.4 Å². The van der Waals surface area contributed by atoms with Gasteiger partial charge in [0.2, 0.25) is 0 Å². The predicted molar refractivity (Wildman–Crippen MR) is 112 cm³/mol. The van der Waals surface area contributed by atoms with E-state index in [9.17, 15) is 4.79 Å². The third-order valence-corrected chi connectivity index (χ3v) is 5.64. The van der Waals surface area contributed by atoms with Crippen LogP contribution in [0.25, 0.3) is 11.3 Å². The second-order valence-corrected chi connectivity index (χ2v) is 8.43. The summed E-state index contributed by atoms with van der Waals surface area (Å²) in [5.41, 5.74) is 3.91. The summed E-state index contributed by atoms with van der Waals surface area (Å²) in [5, 5.41) is 5.50. The first kappa shape index (κ1) is 18.7. The van der Waals surface area contributed by atoms with Gasteiger partial charge >= 0.3 is 0 Å². The van der Waals surface area contributed by atoms with Crippen molar-refractivity contribution in [1.29, 1.82) is 0 Å². The number of benzene rings is 2. The molecule has 0 spiro atoms. The summed E-state index contributed by atoms with van der Waals surface area (Å²) in [6.07, 6.45) is 0. The van der Waals surface area contributed by atoms with E-state index >= 15 is 0 Å². The smallest absolute Gasteiger partial charge is 0.257 e. The van der Waals surface area contributed by atoms with Crippen LogP contribution in [0.2, 0.25) is 0 Å². The molecule has 3 rings (SSSR count). The first-order valence-electron chi connectivity index (χ1n) is 8.67. The molecular weight excluding hydrogens is 360 g/mol. The summed E-state index contributed by atoms with van der Waals surface area (Å²) >= 11 is 3.17. The lowest BCUT2D eigenvalue weighted by Crippen LogP contribution is -2.11. The molecular formula is C21H22N2OS2. The predicted octanol–water partition coefficient (Wildman–Crippen LogP) is 6.30. The fourth-order valence-electron chi connectivity index (χ4n) is 2.57. The van der Waals surface area contributed by atoms with Crippen LogP contribution in [0.4, 0.5) is 5.13 Å². The number of hydrogen-bond acceptors (Lipinski definition) is 4.